The molecule has 1 unspecified atom stereocenters. The first kappa shape index (κ1) is 16.1. The maximum atomic E-state index is 2.38. The first-order valence-corrected chi connectivity index (χ1v) is 9.61. The molecule has 3 aromatic carbocycles. The molecule has 0 N–H and O–H groups in total. The van der Waals surface area contributed by atoms with Gasteiger partial charge in [0.15, 0.2) is 0 Å². The van der Waals surface area contributed by atoms with E-state index in [1.807, 2.05) is 0 Å². The normalized spacial score (nSPS) is 17.7. The lowest BCUT2D eigenvalue weighted by Gasteiger charge is -2.28. The Morgan fingerprint density at radius 1 is 1.00 bits per heavy atom. The summed E-state index contributed by atoms with van der Waals surface area (Å²) in [4.78, 5) is 2.27. The number of hydrogen-bond acceptors (Lipinski definition) is 1. The van der Waals surface area contributed by atoms with Crippen LogP contribution in [0, 0.1) is 6.92 Å². The first-order valence-electron chi connectivity index (χ1n) is 9.61. The van der Waals surface area contributed by atoms with Gasteiger partial charge in [-0.1, -0.05) is 66.8 Å². The molecule has 132 valence electrons. The Bertz CT molecular complexity index is 1130. The lowest BCUT2D eigenvalue weighted by atomic mass is 9.87. The maximum Gasteiger partial charge on any atom is 0.0723 e. The highest BCUT2D eigenvalue weighted by atomic mass is 15.1. The summed E-state index contributed by atoms with van der Waals surface area (Å²) >= 11 is 0. The number of nitrogens with zero attached hydrogens (tertiary/aromatic N) is 1. The zero-order valence-electron chi connectivity index (χ0n) is 15.8. The van der Waals surface area contributed by atoms with Gasteiger partial charge in [-0.3, -0.25) is 0 Å². The average Bonchev–Trinajstić information content (AvgIpc) is 2.70. The van der Waals surface area contributed by atoms with E-state index in [1.54, 1.807) is 0 Å². The zero-order valence-corrected chi connectivity index (χ0v) is 15.8. The lowest BCUT2D eigenvalue weighted by Crippen LogP contribution is -2.19. The van der Waals surface area contributed by atoms with E-state index in [1.165, 1.54) is 44.2 Å². The average molecular weight is 349 g/mol. The van der Waals surface area contributed by atoms with Crippen molar-refractivity contribution in [2.24, 2.45) is 0 Å². The number of rotatable bonds is 2. The standard InChI is InChI=1S/C26H23N/c1-18-12-13-21(17-24(18)25-11-3-4-16-27(25)2)22-15-14-20-8-5-7-19-9-6-10-23(22)26(19)20/h3-7,9-17,25H,8H2,1-2H3. The quantitative estimate of drug-likeness (QED) is 0.514. The SMILES string of the molecule is Cc1ccc(-c2ccc3c4c(cccc24)C=CC3)cc1C1C=CC=CN1C. The van der Waals surface area contributed by atoms with Crippen molar-refractivity contribution in [2.75, 3.05) is 7.05 Å². The molecule has 0 saturated heterocycles. The summed E-state index contributed by atoms with van der Waals surface area (Å²) in [6, 6.07) is 18.5. The Morgan fingerprint density at radius 2 is 1.93 bits per heavy atom. The minimum absolute atomic E-state index is 0.290. The molecular weight excluding hydrogens is 326 g/mol. The molecule has 5 rings (SSSR count). The highest BCUT2D eigenvalue weighted by molar-refractivity contribution is 6.03. The molecule has 1 atom stereocenters. The second kappa shape index (κ2) is 6.28. The van der Waals surface area contributed by atoms with E-state index in [0.29, 0.717) is 0 Å². The van der Waals surface area contributed by atoms with E-state index in [2.05, 4.69) is 104 Å². The van der Waals surface area contributed by atoms with Crippen LogP contribution in [0.5, 0.6) is 0 Å². The van der Waals surface area contributed by atoms with Crippen LogP contribution in [-0.4, -0.2) is 11.9 Å². The monoisotopic (exact) mass is 349 g/mol. The molecule has 2 aliphatic rings. The number of likely N-dealkylation sites (N-methyl/N-ethyl adjacent to an activating group) is 1. The van der Waals surface area contributed by atoms with Gasteiger partial charge < -0.3 is 4.90 Å². The van der Waals surface area contributed by atoms with Crippen molar-refractivity contribution in [2.45, 2.75) is 19.4 Å². The lowest BCUT2D eigenvalue weighted by molar-refractivity contribution is 0.388. The largest absolute Gasteiger partial charge is 0.370 e. The number of hydrogen-bond donors (Lipinski definition) is 0. The van der Waals surface area contributed by atoms with Crippen molar-refractivity contribution in [3.63, 3.8) is 0 Å². The van der Waals surface area contributed by atoms with Crippen molar-refractivity contribution in [1.82, 2.24) is 4.90 Å². The van der Waals surface area contributed by atoms with Crippen LogP contribution in [0.3, 0.4) is 0 Å². The van der Waals surface area contributed by atoms with Crippen LogP contribution < -0.4 is 0 Å². The third-order valence-corrected chi connectivity index (χ3v) is 5.87. The van der Waals surface area contributed by atoms with E-state index < -0.39 is 0 Å². The molecule has 0 aromatic heterocycles. The maximum absolute atomic E-state index is 2.38. The molecule has 0 radical (unpaired) electrons. The molecule has 1 aliphatic carbocycles. The fourth-order valence-electron chi connectivity index (χ4n) is 4.42. The Morgan fingerprint density at radius 3 is 2.81 bits per heavy atom. The molecule has 0 amide bonds. The second-order valence-corrected chi connectivity index (χ2v) is 7.56. The predicted molar refractivity (Wildman–Crippen MR) is 116 cm³/mol. The Labute approximate surface area is 160 Å². The van der Waals surface area contributed by atoms with Gasteiger partial charge in [0.1, 0.15) is 0 Å². The Hall–Kier alpha value is -3.06. The molecule has 0 saturated carbocycles. The van der Waals surface area contributed by atoms with Crippen molar-refractivity contribution in [3.8, 4) is 11.1 Å². The van der Waals surface area contributed by atoms with Gasteiger partial charge in [-0.2, -0.15) is 0 Å². The summed E-state index contributed by atoms with van der Waals surface area (Å²) in [6.45, 7) is 2.21. The van der Waals surface area contributed by atoms with Gasteiger partial charge in [-0.25, -0.2) is 0 Å². The van der Waals surface area contributed by atoms with Crippen molar-refractivity contribution in [3.05, 3.63) is 101 Å². The highest BCUT2D eigenvalue weighted by Crippen LogP contribution is 2.37. The molecular formula is C26H23N. The Kier molecular flexibility index (Phi) is 3.75. The summed E-state index contributed by atoms with van der Waals surface area (Å²) in [5.41, 5.74) is 8.09. The first-order chi connectivity index (χ1) is 13.2. The molecule has 1 nitrogen and oxygen atoms in total. The van der Waals surface area contributed by atoms with E-state index in [-0.39, 0.29) is 6.04 Å². The minimum Gasteiger partial charge on any atom is -0.370 e. The summed E-state index contributed by atoms with van der Waals surface area (Å²) < 4.78 is 0. The molecule has 0 fully saturated rings. The summed E-state index contributed by atoms with van der Waals surface area (Å²) in [5, 5.41) is 2.77. The second-order valence-electron chi connectivity index (χ2n) is 7.56. The van der Waals surface area contributed by atoms with Gasteiger partial charge in [-0.05, 0) is 75.8 Å². The fourth-order valence-corrected chi connectivity index (χ4v) is 4.42. The van der Waals surface area contributed by atoms with Crippen LogP contribution in [0.2, 0.25) is 0 Å². The van der Waals surface area contributed by atoms with Crippen molar-refractivity contribution < 1.29 is 0 Å². The zero-order chi connectivity index (χ0) is 18.4. The summed E-state index contributed by atoms with van der Waals surface area (Å²) in [5.74, 6) is 0. The number of aryl methyl sites for hydroxylation is 1. The third-order valence-electron chi connectivity index (χ3n) is 5.87. The predicted octanol–water partition coefficient (Wildman–Crippen LogP) is 6.44. The molecule has 27 heavy (non-hydrogen) atoms. The van der Waals surface area contributed by atoms with E-state index in [9.17, 15) is 0 Å². The molecule has 1 heterocycles. The molecule has 1 heteroatoms. The van der Waals surface area contributed by atoms with Gasteiger partial charge in [0.05, 0.1) is 6.04 Å². The van der Waals surface area contributed by atoms with E-state index >= 15 is 0 Å². The van der Waals surface area contributed by atoms with Gasteiger partial charge in [0.2, 0.25) is 0 Å². The Balaban J connectivity index is 1.70. The van der Waals surface area contributed by atoms with Gasteiger partial charge in [-0.15, -0.1) is 0 Å². The summed E-state index contributed by atoms with van der Waals surface area (Å²) in [7, 11) is 2.14. The fraction of sp³-hybridized carbons (Fsp3) is 0.154. The molecule has 0 spiro atoms. The van der Waals surface area contributed by atoms with Crippen LogP contribution in [-0.2, 0) is 6.42 Å². The van der Waals surface area contributed by atoms with Gasteiger partial charge in [0.25, 0.3) is 0 Å². The third kappa shape index (κ3) is 2.62. The van der Waals surface area contributed by atoms with Crippen molar-refractivity contribution in [1.29, 1.82) is 0 Å². The number of allylic oxidation sites excluding steroid dienone is 3. The smallest absolute Gasteiger partial charge is 0.0723 e. The van der Waals surface area contributed by atoms with Crippen LogP contribution in [0.1, 0.15) is 28.3 Å². The minimum atomic E-state index is 0.290. The molecule has 0 bridgehead atoms. The van der Waals surface area contributed by atoms with E-state index in [0.717, 1.165) is 6.42 Å². The topological polar surface area (TPSA) is 3.24 Å². The van der Waals surface area contributed by atoms with Crippen molar-refractivity contribution >= 4 is 16.8 Å². The van der Waals surface area contributed by atoms with Crippen LogP contribution in [0.4, 0.5) is 0 Å². The van der Waals surface area contributed by atoms with Crippen LogP contribution >= 0.6 is 0 Å². The summed E-state index contributed by atoms with van der Waals surface area (Å²) in [6.07, 6.45) is 14.2. The van der Waals surface area contributed by atoms with Gasteiger partial charge >= 0.3 is 0 Å². The molecule has 3 aromatic rings. The van der Waals surface area contributed by atoms with Gasteiger partial charge in [0, 0.05) is 7.05 Å². The van der Waals surface area contributed by atoms with Crippen LogP contribution in [0.25, 0.3) is 28.0 Å². The van der Waals surface area contributed by atoms with Crippen LogP contribution in [0.15, 0.2) is 79.0 Å². The highest BCUT2D eigenvalue weighted by Gasteiger charge is 2.18. The number of benzene rings is 3. The molecule has 1 aliphatic heterocycles. The van der Waals surface area contributed by atoms with E-state index in [4.69, 9.17) is 0 Å².